The molecule has 0 unspecified atom stereocenters. The lowest BCUT2D eigenvalue weighted by atomic mass is 10.2. The number of amides is 4. The SMILES string of the molecule is CN(C(=O)c1cc(CN2CC(=O)N(c3ccc(S(=O)(=O)C(F)(F)F)cc3)C2=O)ccn1)c1ccccc1. The lowest BCUT2D eigenvalue weighted by Crippen LogP contribution is -2.33. The number of sulfone groups is 1. The Hall–Kier alpha value is -4.26. The first-order valence-corrected chi connectivity index (χ1v) is 12.2. The van der Waals surface area contributed by atoms with E-state index < -0.39 is 32.2 Å². The van der Waals surface area contributed by atoms with Crippen molar-refractivity contribution in [2.45, 2.75) is 16.9 Å². The van der Waals surface area contributed by atoms with Gasteiger partial charge in [0.25, 0.3) is 21.7 Å². The molecule has 9 nitrogen and oxygen atoms in total. The number of alkyl halides is 3. The van der Waals surface area contributed by atoms with Gasteiger partial charge in [-0.2, -0.15) is 13.2 Å². The van der Waals surface area contributed by atoms with E-state index in [1.807, 2.05) is 6.07 Å². The third kappa shape index (κ3) is 5.03. The van der Waals surface area contributed by atoms with Crippen molar-refractivity contribution in [3.63, 3.8) is 0 Å². The van der Waals surface area contributed by atoms with Crippen molar-refractivity contribution in [3.05, 3.63) is 84.2 Å². The Bertz CT molecular complexity index is 1460. The van der Waals surface area contributed by atoms with Crippen LogP contribution in [0.1, 0.15) is 16.1 Å². The molecule has 0 aliphatic carbocycles. The van der Waals surface area contributed by atoms with E-state index >= 15 is 0 Å². The maximum absolute atomic E-state index is 12.9. The standard InChI is InChI=1S/C24H19F3N4O5S/c1-29(17-5-3-2-4-6-17)22(33)20-13-16(11-12-28-20)14-30-15-21(32)31(23(30)34)18-7-9-19(10-8-18)37(35,36)24(25,26)27/h2-13H,14-15H2,1H3. The Balaban J connectivity index is 1.50. The topological polar surface area (TPSA) is 108 Å². The molecule has 0 radical (unpaired) electrons. The Morgan fingerprint density at radius 1 is 1.03 bits per heavy atom. The molecule has 4 amide bonds. The predicted octanol–water partition coefficient (Wildman–Crippen LogP) is 3.62. The summed E-state index contributed by atoms with van der Waals surface area (Å²) in [5, 5.41) is 0. The van der Waals surface area contributed by atoms with Crippen LogP contribution in [-0.4, -0.2) is 55.2 Å². The minimum atomic E-state index is -5.57. The maximum Gasteiger partial charge on any atom is 0.501 e. The van der Waals surface area contributed by atoms with Crippen LogP contribution in [0.2, 0.25) is 0 Å². The molecule has 3 aromatic rings. The number of hydrogen-bond acceptors (Lipinski definition) is 6. The highest BCUT2D eigenvalue weighted by Crippen LogP contribution is 2.32. The average molecular weight is 533 g/mol. The van der Waals surface area contributed by atoms with E-state index in [1.165, 1.54) is 22.1 Å². The molecule has 192 valence electrons. The molecule has 13 heteroatoms. The molecule has 1 aliphatic heterocycles. The number of urea groups is 1. The Kier molecular flexibility index (Phi) is 6.74. The quantitative estimate of drug-likeness (QED) is 0.449. The fourth-order valence-electron chi connectivity index (χ4n) is 3.69. The number of anilines is 2. The van der Waals surface area contributed by atoms with Gasteiger partial charge in [0.2, 0.25) is 0 Å². The van der Waals surface area contributed by atoms with Gasteiger partial charge in [-0.1, -0.05) is 18.2 Å². The van der Waals surface area contributed by atoms with Crippen LogP contribution in [0.25, 0.3) is 0 Å². The average Bonchev–Trinajstić information content (AvgIpc) is 3.15. The number of carbonyl (C=O) groups excluding carboxylic acids is 3. The van der Waals surface area contributed by atoms with Crippen LogP contribution >= 0.6 is 0 Å². The zero-order valence-electron chi connectivity index (χ0n) is 19.2. The minimum absolute atomic E-state index is 0.0422. The van der Waals surface area contributed by atoms with Gasteiger partial charge in [0, 0.05) is 25.5 Å². The lowest BCUT2D eigenvalue weighted by molar-refractivity contribution is -0.116. The zero-order chi connectivity index (χ0) is 27.0. The molecule has 1 aromatic heterocycles. The van der Waals surface area contributed by atoms with Crippen LogP contribution in [0.15, 0.2) is 77.8 Å². The van der Waals surface area contributed by atoms with Gasteiger partial charge >= 0.3 is 11.5 Å². The summed E-state index contributed by atoms with van der Waals surface area (Å²) in [6, 6.07) is 14.5. The molecule has 0 atom stereocenters. The van der Waals surface area contributed by atoms with Gasteiger partial charge in [-0.25, -0.2) is 18.1 Å². The second kappa shape index (κ2) is 9.65. The van der Waals surface area contributed by atoms with E-state index in [0.29, 0.717) is 23.4 Å². The van der Waals surface area contributed by atoms with Crippen molar-refractivity contribution in [2.75, 3.05) is 23.4 Å². The molecule has 0 spiro atoms. The van der Waals surface area contributed by atoms with Gasteiger partial charge in [0.05, 0.1) is 10.6 Å². The molecule has 0 bridgehead atoms. The number of hydrogen-bond donors (Lipinski definition) is 0. The van der Waals surface area contributed by atoms with Crippen molar-refractivity contribution >= 4 is 39.1 Å². The van der Waals surface area contributed by atoms with E-state index in [-0.39, 0.29) is 30.4 Å². The van der Waals surface area contributed by atoms with E-state index in [9.17, 15) is 36.0 Å². The molecule has 0 N–H and O–H groups in total. The van der Waals surface area contributed by atoms with Crippen LogP contribution in [-0.2, 0) is 21.2 Å². The fourth-order valence-corrected chi connectivity index (χ4v) is 4.45. The molecule has 2 heterocycles. The molecule has 4 rings (SSSR count). The summed E-state index contributed by atoms with van der Waals surface area (Å²) in [6.07, 6.45) is 1.40. The van der Waals surface area contributed by atoms with E-state index in [0.717, 1.165) is 17.0 Å². The smallest absolute Gasteiger partial charge is 0.310 e. The van der Waals surface area contributed by atoms with Crippen LogP contribution < -0.4 is 9.80 Å². The zero-order valence-corrected chi connectivity index (χ0v) is 20.0. The van der Waals surface area contributed by atoms with Crippen molar-refractivity contribution in [3.8, 4) is 0 Å². The summed E-state index contributed by atoms with van der Waals surface area (Å²) in [5.41, 5.74) is -4.25. The first kappa shape index (κ1) is 25.8. The van der Waals surface area contributed by atoms with Crippen molar-refractivity contribution in [1.82, 2.24) is 9.88 Å². The van der Waals surface area contributed by atoms with Crippen molar-refractivity contribution in [2.24, 2.45) is 0 Å². The van der Waals surface area contributed by atoms with Crippen LogP contribution in [0.5, 0.6) is 0 Å². The summed E-state index contributed by atoms with van der Waals surface area (Å²) >= 11 is 0. The number of para-hydroxylation sites is 1. The number of benzene rings is 2. The van der Waals surface area contributed by atoms with Gasteiger partial charge < -0.3 is 9.80 Å². The fraction of sp³-hybridized carbons (Fsp3) is 0.167. The monoisotopic (exact) mass is 532 g/mol. The van der Waals surface area contributed by atoms with Crippen LogP contribution in [0.4, 0.5) is 29.3 Å². The molecule has 1 aliphatic rings. The summed E-state index contributed by atoms with van der Waals surface area (Å²) in [4.78, 5) is 44.8. The third-order valence-electron chi connectivity index (χ3n) is 5.61. The Labute approximate surface area is 209 Å². The molecule has 0 saturated carbocycles. The molecule has 37 heavy (non-hydrogen) atoms. The summed E-state index contributed by atoms with van der Waals surface area (Å²) in [7, 11) is -3.97. The number of rotatable bonds is 6. The first-order chi connectivity index (χ1) is 17.4. The molecule has 1 fully saturated rings. The van der Waals surface area contributed by atoms with E-state index in [4.69, 9.17) is 0 Å². The molecular formula is C24H19F3N4O5S. The summed E-state index contributed by atoms with van der Waals surface area (Å²) in [6.45, 7) is -0.365. The van der Waals surface area contributed by atoms with Crippen molar-refractivity contribution in [1.29, 1.82) is 0 Å². The second-order valence-electron chi connectivity index (χ2n) is 8.06. The number of pyridine rings is 1. The predicted molar refractivity (Wildman–Crippen MR) is 126 cm³/mol. The van der Waals surface area contributed by atoms with Gasteiger partial charge in [-0.15, -0.1) is 0 Å². The van der Waals surface area contributed by atoms with Crippen LogP contribution in [0, 0.1) is 0 Å². The highest BCUT2D eigenvalue weighted by molar-refractivity contribution is 7.92. The van der Waals surface area contributed by atoms with Gasteiger partial charge in [-0.3, -0.25) is 14.6 Å². The number of nitrogens with zero attached hydrogens (tertiary/aromatic N) is 4. The Morgan fingerprint density at radius 2 is 1.68 bits per heavy atom. The second-order valence-corrected chi connectivity index (χ2v) is 10.0. The Morgan fingerprint density at radius 3 is 2.30 bits per heavy atom. The lowest BCUT2D eigenvalue weighted by Gasteiger charge is -2.19. The third-order valence-corrected chi connectivity index (χ3v) is 7.11. The maximum atomic E-state index is 12.9. The number of carbonyl (C=O) groups is 3. The molecular weight excluding hydrogens is 513 g/mol. The van der Waals surface area contributed by atoms with Crippen LogP contribution in [0.3, 0.4) is 0 Å². The van der Waals surface area contributed by atoms with Gasteiger partial charge in [0.1, 0.15) is 12.2 Å². The first-order valence-electron chi connectivity index (χ1n) is 10.7. The highest BCUT2D eigenvalue weighted by atomic mass is 32.2. The van der Waals surface area contributed by atoms with Crippen molar-refractivity contribution < 1.29 is 36.0 Å². The van der Waals surface area contributed by atoms with Gasteiger partial charge in [-0.05, 0) is 54.1 Å². The number of halogens is 3. The summed E-state index contributed by atoms with van der Waals surface area (Å²) < 4.78 is 61.4. The largest absolute Gasteiger partial charge is 0.501 e. The molecule has 2 aromatic carbocycles. The number of imide groups is 1. The summed E-state index contributed by atoms with van der Waals surface area (Å²) in [5.74, 6) is -1.03. The highest BCUT2D eigenvalue weighted by Gasteiger charge is 2.47. The van der Waals surface area contributed by atoms with E-state index in [1.54, 1.807) is 37.4 Å². The van der Waals surface area contributed by atoms with E-state index in [2.05, 4.69) is 4.98 Å². The normalized spacial score (nSPS) is 14.3. The minimum Gasteiger partial charge on any atom is -0.310 e. The molecule has 1 saturated heterocycles. The van der Waals surface area contributed by atoms with Gasteiger partial charge in [0.15, 0.2) is 0 Å². The number of aromatic nitrogens is 1.